The van der Waals surface area contributed by atoms with Crippen LogP contribution in [0.25, 0.3) is 11.1 Å². The van der Waals surface area contributed by atoms with E-state index >= 15 is 0 Å². The van der Waals surface area contributed by atoms with Crippen LogP contribution in [0.4, 0.5) is 5.69 Å². The average Bonchev–Trinajstić information content (AvgIpc) is 3.26. The molecule has 0 radical (unpaired) electrons. The van der Waals surface area contributed by atoms with Crippen molar-refractivity contribution < 1.29 is 19.1 Å². The van der Waals surface area contributed by atoms with E-state index in [9.17, 15) is 14.7 Å². The number of carbonyl (C=O) groups is 2. The first kappa shape index (κ1) is 20.7. The molecule has 3 aromatic rings. The zero-order chi connectivity index (χ0) is 20.8. The van der Waals surface area contributed by atoms with Gasteiger partial charge >= 0.3 is 5.97 Å². The van der Waals surface area contributed by atoms with Crippen molar-refractivity contribution in [3.63, 3.8) is 0 Å². The number of hydrogen-bond acceptors (Lipinski definition) is 4. The van der Waals surface area contributed by atoms with Crippen LogP contribution in [0.1, 0.15) is 12.7 Å². The fourth-order valence-electron chi connectivity index (χ4n) is 3.20. The first-order valence-electron chi connectivity index (χ1n) is 9.36. The number of hydrogen-bond donors (Lipinski definition) is 2. The number of carboxylic acid groups (broad SMARTS) is 1. The lowest BCUT2D eigenvalue weighted by Crippen LogP contribution is -2.47. The number of aliphatic carboxylic acids is 1. The Morgan fingerprint density at radius 3 is 2.21 bits per heavy atom. The van der Waals surface area contributed by atoms with E-state index in [0.717, 1.165) is 11.1 Å². The van der Waals surface area contributed by atoms with Crippen LogP contribution in [0.5, 0.6) is 0 Å². The van der Waals surface area contributed by atoms with Crippen molar-refractivity contribution in [1.82, 2.24) is 0 Å². The zero-order valence-electron chi connectivity index (χ0n) is 16.1. The molecule has 150 valence electrons. The smallest absolute Gasteiger partial charge is 0.326 e. The maximum absolute atomic E-state index is 13.3. The van der Waals surface area contributed by atoms with Crippen LogP contribution in [0.15, 0.2) is 77.4 Å². The fourth-order valence-corrected chi connectivity index (χ4v) is 3.48. The van der Waals surface area contributed by atoms with Crippen LogP contribution in [-0.2, 0) is 16.0 Å². The highest BCUT2D eigenvalue weighted by Gasteiger charge is 2.32. The van der Waals surface area contributed by atoms with Crippen molar-refractivity contribution in [1.29, 1.82) is 0 Å². The molecule has 6 heteroatoms. The second-order valence-electron chi connectivity index (χ2n) is 6.80. The molecule has 1 N–H and O–H groups in total. The summed E-state index contributed by atoms with van der Waals surface area (Å²) in [6.45, 7) is 1.51. The molecule has 0 fully saturated rings. The SMILES string of the molecule is C[C@@H](C(=O)O)N(C(=O)C(CS)Cc1ccco1)c1ccc(-c2ccccc2)cc1. The number of benzene rings is 2. The second kappa shape index (κ2) is 9.47. The Morgan fingerprint density at radius 2 is 1.66 bits per heavy atom. The van der Waals surface area contributed by atoms with Crippen molar-refractivity contribution in [2.24, 2.45) is 5.92 Å². The van der Waals surface area contributed by atoms with E-state index in [1.54, 1.807) is 30.5 Å². The molecular weight excluding hydrogens is 386 g/mol. The van der Waals surface area contributed by atoms with Gasteiger partial charge in [0.05, 0.1) is 12.2 Å². The summed E-state index contributed by atoms with van der Waals surface area (Å²) in [7, 11) is 0. The van der Waals surface area contributed by atoms with Crippen LogP contribution in [0, 0.1) is 5.92 Å². The minimum absolute atomic E-state index is 0.282. The Bertz CT molecular complexity index is 939. The molecule has 0 aliphatic carbocycles. The molecule has 0 bridgehead atoms. The predicted octanol–water partition coefficient (Wildman–Crippen LogP) is 4.54. The molecule has 0 saturated carbocycles. The Balaban J connectivity index is 1.90. The van der Waals surface area contributed by atoms with Gasteiger partial charge in [-0.3, -0.25) is 9.69 Å². The summed E-state index contributed by atoms with van der Waals surface area (Å²) in [6, 6.07) is 19.7. The van der Waals surface area contributed by atoms with Crippen molar-refractivity contribution >= 4 is 30.2 Å². The molecule has 1 aromatic heterocycles. The Morgan fingerprint density at radius 1 is 1.00 bits per heavy atom. The molecule has 0 spiro atoms. The third-order valence-corrected chi connectivity index (χ3v) is 5.27. The van der Waals surface area contributed by atoms with E-state index in [1.165, 1.54) is 11.8 Å². The van der Waals surface area contributed by atoms with E-state index in [2.05, 4.69) is 12.6 Å². The summed E-state index contributed by atoms with van der Waals surface area (Å²) in [5.74, 6) is -0.912. The summed E-state index contributed by atoms with van der Waals surface area (Å²) in [4.78, 5) is 26.3. The van der Waals surface area contributed by atoms with Gasteiger partial charge in [0.2, 0.25) is 5.91 Å². The lowest BCUT2D eigenvalue weighted by Gasteiger charge is -2.30. The van der Waals surface area contributed by atoms with Crippen LogP contribution < -0.4 is 4.90 Å². The highest BCUT2D eigenvalue weighted by atomic mass is 32.1. The monoisotopic (exact) mass is 409 g/mol. The highest BCUT2D eigenvalue weighted by Crippen LogP contribution is 2.26. The van der Waals surface area contributed by atoms with E-state index in [4.69, 9.17) is 4.42 Å². The third-order valence-electron chi connectivity index (χ3n) is 4.83. The molecule has 1 heterocycles. The molecule has 29 heavy (non-hydrogen) atoms. The maximum atomic E-state index is 13.3. The number of anilines is 1. The number of amides is 1. The maximum Gasteiger partial charge on any atom is 0.326 e. The van der Waals surface area contributed by atoms with Crippen LogP contribution in [-0.4, -0.2) is 28.8 Å². The minimum atomic E-state index is -1.07. The first-order chi connectivity index (χ1) is 14.0. The molecule has 0 saturated heterocycles. The van der Waals surface area contributed by atoms with Gasteiger partial charge in [0.1, 0.15) is 11.8 Å². The third kappa shape index (κ3) is 4.90. The first-order valence-corrected chi connectivity index (χ1v) is 9.99. The van der Waals surface area contributed by atoms with Gasteiger partial charge < -0.3 is 9.52 Å². The highest BCUT2D eigenvalue weighted by molar-refractivity contribution is 7.80. The molecule has 2 atom stereocenters. The van der Waals surface area contributed by atoms with Gasteiger partial charge in [-0.25, -0.2) is 4.79 Å². The largest absolute Gasteiger partial charge is 0.480 e. The summed E-state index contributed by atoms with van der Waals surface area (Å²) < 4.78 is 5.35. The van der Waals surface area contributed by atoms with Gasteiger partial charge in [0.25, 0.3) is 0 Å². The van der Waals surface area contributed by atoms with E-state index in [1.807, 2.05) is 42.5 Å². The van der Waals surface area contributed by atoms with Crippen molar-refractivity contribution in [2.45, 2.75) is 19.4 Å². The molecule has 0 aliphatic heterocycles. The topological polar surface area (TPSA) is 70.8 Å². The summed E-state index contributed by atoms with van der Waals surface area (Å²) >= 11 is 4.32. The average molecular weight is 410 g/mol. The van der Waals surface area contributed by atoms with Crippen molar-refractivity contribution in [3.05, 3.63) is 78.8 Å². The number of carboxylic acids is 1. The number of rotatable bonds is 8. The van der Waals surface area contributed by atoms with Crippen LogP contribution in [0.2, 0.25) is 0 Å². The standard InChI is InChI=1S/C23H23NO4S/c1-16(23(26)27)24(22(25)19(15-29)14-21-8-5-13-28-21)20-11-9-18(10-12-20)17-6-3-2-4-7-17/h2-13,16,19,29H,14-15H2,1H3,(H,26,27)/t16-,19?/m0/s1. The Labute approximate surface area is 175 Å². The van der Waals surface area contributed by atoms with Gasteiger partial charge in [-0.1, -0.05) is 42.5 Å². The minimum Gasteiger partial charge on any atom is -0.480 e. The molecular formula is C23H23NO4S. The normalized spacial score (nSPS) is 12.9. The Kier molecular flexibility index (Phi) is 6.77. The lowest BCUT2D eigenvalue weighted by molar-refractivity contribution is -0.140. The van der Waals surface area contributed by atoms with E-state index < -0.39 is 17.9 Å². The molecule has 1 amide bonds. The predicted molar refractivity (Wildman–Crippen MR) is 116 cm³/mol. The second-order valence-corrected chi connectivity index (χ2v) is 7.16. The van der Waals surface area contributed by atoms with Crippen LogP contribution >= 0.6 is 12.6 Å². The van der Waals surface area contributed by atoms with Gasteiger partial charge in [0, 0.05) is 17.9 Å². The molecule has 3 rings (SSSR count). The van der Waals surface area contributed by atoms with Gasteiger partial charge in [-0.05, 0) is 42.3 Å². The molecule has 0 aliphatic rings. The van der Waals surface area contributed by atoms with Gasteiger partial charge in [0.15, 0.2) is 0 Å². The zero-order valence-corrected chi connectivity index (χ0v) is 17.0. The number of thiol groups is 1. The molecule has 2 aromatic carbocycles. The summed E-state index contributed by atoms with van der Waals surface area (Å²) in [5, 5.41) is 9.57. The number of nitrogens with zero attached hydrogens (tertiary/aromatic N) is 1. The van der Waals surface area contributed by atoms with Crippen LogP contribution in [0.3, 0.4) is 0 Å². The number of furan rings is 1. The van der Waals surface area contributed by atoms with E-state index in [-0.39, 0.29) is 11.7 Å². The molecule has 1 unspecified atom stereocenters. The lowest BCUT2D eigenvalue weighted by atomic mass is 10.0. The van der Waals surface area contributed by atoms with Crippen molar-refractivity contribution in [2.75, 3.05) is 10.7 Å². The van der Waals surface area contributed by atoms with E-state index in [0.29, 0.717) is 17.9 Å². The summed E-state index contributed by atoms with van der Waals surface area (Å²) in [5.41, 5.74) is 2.58. The number of carbonyl (C=O) groups excluding carboxylic acids is 1. The summed E-state index contributed by atoms with van der Waals surface area (Å²) in [6.07, 6.45) is 1.91. The Hall–Kier alpha value is -2.99. The van der Waals surface area contributed by atoms with Gasteiger partial charge in [-0.2, -0.15) is 12.6 Å². The van der Waals surface area contributed by atoms with Crippen molar-refractivity contribution in [3.8, 4) is 11.1 Å². The quantitative estimate of drug-likeness (QED) is 0.536. The fraction of sp³-hybridized carbons (Fsp3) is 0.217. The molecule has 5 nitrogen and oxygen atoms in total. The van der Waals surface area contributed by atoms with Gasteiger partial charge in [-0.15, -0.1) is 0 Å².